The molecule has 0 radical (unpaired) electrons. The van der Waals surface area contributed by atoms with Crippen molar-refractivity contribution in [2.24, 2.45) is 11.8 Å². The summed E-state index contributed by atoms with van der Waals surface area (Å²) in [5.74, 6) is -1.47. The number of piperidine rings is 3. The highest BCUT2D eigenvalue weighted by atomic mass is 19.1. The average molecular weight is 403 g/mol. The number of benzene rings is 1. The van der Waals surface area contributed by atoms with Gasteiger partial charge in [0.15, 0.2) is 0 Å². The van der Waals surface area contributed by atoms with Crippen LogP contribution in [0.25, 0.3) is 0 Å². The fourth-order valence-corrected chi connectivity index (χ4v) is 5.39. The van der Waals surface area contributed by atoms with E-state index in [-0.39, 0.29) is 48.5 Å². The molecule has 156 valence electrons. The zero-order chi connectivity index (χ0) is 20.5. The van der Waals surface area contributed by atoms with Crippen LogP contribution in [0, 0.1) is 17.7 Å². The summed E-state index contributed by atoms with van der Waals surface area (Å²) in [5, 5.41) is 12.0. The third kappa shape index (κ3) is 3.99. The molecular formula is C21H26FN3O4. The minimum Gasteiger partial charge on any atom is -0.480 e. The lowest BCUT2D eigenvalue weighted by Crippen LogP contribution is -2.67. The van der Waals surface area contributed by atoms with Gasteiger partial charge in [-0.05, 0) is 43.2 Å². The molecule has 4 atom stereocenters. The Bertz CT molecular complexity index is 817. The zero-order valence-corrected chi connectivity index (χ0v) is 16.2. The van der Waals surface area contributed by atoms with Crippen molar-refractivity contribution in [1.82, 2.24) is 15.1 Å². The molecule has 3 aliphatic rings. The number of carbonyl (C=O) groups excluding carboxylic acids is 2. The van der Waals surface area contributed by atoms with Crippen LogP contribution in [-0.2, 0) is 9.59 Å². The summed E-state index contributed by atoms with van der Waals surface area (Å²) in [6, 6.07) is 5.71. The van der Waals surface area contributed by atoms with Gasteiger partial charge in [0.2, 0.25) is 5.91 Å². The number of hydrogen-bond acceptors (Lipinski definition) is 4. The number of carbonyl (C=O) groups is 3. The van der Waals surface area contributed by atoms with Crippen LogP contribution in [0.3, 0.4) is 0 Å². The Balaban J connectivity index is 1.52. The van der Waals surface area contributed by atoms with Crippen LogP contribution in [0.15, 0.2) is 24.3 Å². The Morgan fingerprint density at radius 3 is 2.72 bits per heavy atom. The smallest absolute Gasteiger partial charge is 0.317 e. The summed E-state index contributed by atoms with van der Waals surface area (Å²) < 4.78 is 13.9. The van der Waals surface area contributed by atoms with Gasteiger partial charge in [0.25, 0.3) is 5.91 Å². The molecule has 8 heteroatoms. The molecule has 3 aliphatic heterocycles. The maximum atomic E-state index is 13.9. The van der Waals surface area contributed by atoms with Crippen molar-refractivity contribution in [2.75, 3.05) is 26.2 Å². The first kappa shape index (κ1) is 19.8. The van der Waals surface area contributed by atoms with Crippen molar-refractivity contribution >= 4 is 17.8 Å². The SMILES string of the molecule is O=C(O)CN1C[C@H]2C[C@@H](C1)[C@H](CNC(=O)c1ccccc1F)N1C(=O)CCC[C@@H]21. The van der Waals surface area contributed by atoms with Crippen molar-refractivity contribution < 1.29 is 23.9 Å². The van der Waals surface area contributed by atoms with E-state index >= 15 is 0 Å². The van der Waals surface area contributed by atoms with Crippen LogP contribution in [-0.4, -0.2) is 71.0 Å². The first-order valence-electron chi connectivity index (χ1n) is 10.2. The molecule has 7 nitrogen and oxygen atoms in total. The topological polar surface area (TPSA) is 89.9 Å². The van der Waals surface area contributed by atoms with Gasteiger partial charge in [-0.15, -0.1) is 0 Å². The van der Waals surface area contributed by atoms with E-state index in [0.29, 0.717) is 19.5 Å². The van der Waals surface area contributed by atoms with Gasteiger partial charge in [-0.2, -0.15) is 0 Å². The molecule has 1 aromatic carbocycles. The van der Waals surface area contributed by atoms with E-state index in [9.17, 15) is 23.9 Å². The summed E-state index contributed by atoms with van der Waals surface area (Å²) in [4.78, 5) is 40.3. The molecule has 3 fully saturated rings. The quantitative estimate of drug-likeness (QED) is 0.775. The van der Waals surface area contributed by atoms with E-state index in [2.05, 4.69) is 5.32 Å². The van der Waals surface area contributed by atoms with Crippen LogP contribution in [0.5, 0.6) is 0 Å². The number of fused-ring (bicyclic) bond motifs is 4. The van der Waals surface area contributed by atoms with E-state index in [4.69, 9.17) is 0 Å². The van der Waals surface area contributed by atoms with E-state index < -0.39 is 17.7 Å². The van der Waals surface area contributed by atoms with Crippen molar-refractivity contribution in [2.45, 2.75) is 37.8 Å². The Hall–Kier alpha value is -2.48. The monoisotopic (exact) mass is 403 g/mol. The number of nitrogens with zero attached hydrogens (tertiary/aromatic N) is 2. The van der Waals surface area contributed by atoms with Crippen molar-refractivity contribution in [1.29, 1.82) is 0 Å². The zero-order valence-electron chi connectivity index (χ0n) is 16.2. The van der Waals surface area contributed by atoms with E-state index in [0.717, 1.165) is 19.3 Å². The molecule has 0 saturated carbocycles. The molecule has 2 amide bonds. The van der Waals surface area contributed by atoms with Crippen LogP contribution in [0.1, 0.15) is 36.0 Å². The molecule has 2 bridgehead atoms. The summed E-state index contributed by atoms with van der Waals surface area (Å²) in [5.41, 5.74) is -0.0149. The Morgan fingerprint density at radius 1 is 1.21 bits per heavy atom. The first-order valence-corrected chi connectivity index (χ1v) is 10.2. The predicted octanol–water partition coefficient (Wildman–Crippen LogP) is 1.34. The molecule has 0 aromatic heterocycles. The minimum absolute atomic E-state index is 0.0119. The van der Waals surface area contributed by atoms with E-state index in [1.54, 1.807) is 6.07 Å². The van der Waals surface area contributed by atoms with Gasteiger partial charge in [-0.3, -0.25) is 19.3 Å². The number of amides is 2. The van der Waals surface area contributed by atoms with E-state index in [1.165, 1.54) is 18.2 Å². The summed E-state index contributed by atoms with van der Waals surface area (Å²) in [6.07, 6.45) is 3.17. The number of halogens is 1. The number of likely N-dealkylation sites (tertiary alicyclic amines) is 1. The van der Waals surface area contributed by atoms with Gasteiger partial charge in [-0.1, -0.05) is 12.1 Å². The standard InChI is InChI=1S/C21H26FN3O4/c22-16-5-2-1-4-15(16)21(29)23-9-18-14-8-13(10-24(11-14)12-20(27)28)17-6-3-7-19(26)25(17)18/h1-2,4-5,13-14,17-18H,3,6-12H2,(H,23,29)(H,27,28)/t13-,14+,17+,18+/m1/s1. The summed E-state index contributed by atoms with van der Waals surface area (Å²) in [7, 11) is 0. The van der Waals surface area contributed by atoms with Crippen LogP contribution < -0.4 is 5.32 Å². The second kappa shape index (κ2) is 8.10. The number of nitrogens with one attached hydrogen (secondary N) is 1. The van der Waals surface area contributed by atoms with Gasteiger partial charge < -0.3 is 15.3 Å². The van der Waals surface area contributed by atoms with Gasteiger partial charge in [-0.25, -0.2) is 4.39 Å². The molecule has 0 aliphatic carbocycles. The number of hydrogen-bond donors (Lipinski definition) is 2. The molecule has 2 N–H and O–H groups in total. The molecule has 1 aromatic rings. The largest absolute Gasteiger partial charge is 0.480 e. The fraction of sp³-hybridized carbons (Fsp3) is 0.571. The molecule has 3 saturated heterocycles. The van der Waals surface area contributed by atoms with Gasteiger partial charge in [0.1, 0.15) is 5.82 Å². The second-order valence-corrected chi connectivity index (χ2v) is 8.36. The average Bonchev–Trinajstić information content (AvgIpc) is 2.68. The second-order valence-electron chi connectivity index (χ2n) is 8.36. The van der Waals surface area contributed by atoms with Crippen LogP contribution >= 0.6 is 0 Å². The Morgan fingerprint density at radius 2 is 1.97 bits per heavy atom. The molecule has 3 heterocycles. The van der Waals surface area contributed by atoms with Crippen LogP contribution in [0.4, 0.5) is 4.39 Å². The first-order chi connectivity index (χ1) is 13.9. The van der Waals surface area contributed by atoms with Crippen LogP contribution in [0.2, 0.25) is 0 Å². The summed E-state index contributed by atoms with van der Waals surface area (Å²) >= 11 is 0. The molecular weight excluding hydrogens is 377 g/mol. The molecule has 4 rings (SSSR count). The number of rotatable bonds is 5. The Kier molecular flexibility index (Phi) is 5.54. The number of aliphatic carboxylic acids is 1. The van der Waals surface area contributed by atoms with Gasteiger partial charge in [0, 0.05) is 32.1 Å². The lowest BCUT2D eigenvalue weighted by molar-refractivity contribution is -0.154. The lowest BCUT2D eigenvalue weighted by atomic mass is 9.72. The van der Waals surface area contributed by atoms with Gasteiger partial charge >= 0.3 is 5.97 Å². The maximum absolute atomic E-state index is 13.9. The van der Waals surface area contributed by atoms with E-state index in [1.807, 2.05) is 9.80 Å². The predicted molar refractivity (Wildman–Crippen MR) is 103 cm³/mol. The molecule has 29 heavy (non-hydrogen) atoms. The normalized spacial score (nSPS) is 29.3. The lowest BCUT2D eigenvalue weighted by Gasteiger charge is -2.56. The maximum Gasteiger partial charge on any atom is 0.317 e. The third-order valence-electron chi connectivity index (χ3n) is 6.52. The Labute approximate surface area is 168 Å². The minimum atomic E-state index is -0.856. The number of carboxylic acids is 1. The highest BCUT2D eigenvalue weighted by Gasteiger charge is 2.49. The highest BCUT2D eigenvalue weighted by Crippen LogP contribution is 2.41. The number of carboxylic acid groups (broad SMARTS) is 1. The highest BCUT2D eigenvalue weighted by molar-refractivity contribution is 5.94. The summed E-state index contributed by atoms with van der Waals surface area (Å²) in [6.45, 7) is 1.50. The molecule has 0 unspecified atom stereocenters. The van der Waals surface area contributed by atoms with Crippen molar-refractivity contribution in [3.63, 3.8) is 0 Å². The van der Waals surface area contributed by atoms with Gasteiger partial charge in [0.05, 0.1) is 18.2 Å². The third-order valence-corrected chi connectivity index (χ3v) is 6.52. The van der Waals surface area contributed by atoms with Crippen molar-refractivity contribution in [3.05, 3.63) is 35.6 Å². The van der Waals surface area contributed by atoms with Crippen molar-refractivity contribution in [3.8, 4) is 0 Å². The fourth-order valence-electron chi connectivity index (χ4n) is 5.39. The molecule has 0 spiro atoms.